The first-order valence-corrected chi connectivity index (χ1v) is 7.18. The molecule has 1 fully saturated rings. The Morgan fingerprint density at radius 3 is 2.70 bits per heavy atom. The van der Waals surface area contributed by atoms with Gasteiger partial charge in [-0.1, -0.05) is 41.9 Å². The lowest BCUT2D eigenvalue weighted by Gasteiger charge is -2.38. The highest BCUT2D eigenvalue weighted by atomic mass is 16.5. The molecule has 4 heteroatoms. The smallest absolute Gasteiger partial charge is 0.233 e. The number of aromatic nitrogens is 2. The van der Waals surface area contributed by atoms with E-state index in [0.29, 0.717) is 13.0 Å². The van der Waals surface area contributed by atoms with Crippen LogP contribution in [0.25, 0.3) is 0 Å². The van der Waals surface area contributed by atoms with Crippen molar-refractivity contribution in [3.63, 3.8) is 0 Å². The molecule has 0 spiro atoms. The molecule has 0 unspecified atom stereocenters. The summed E-state index contributed by atoms with van der Waals surface area (Å²) in [6, 6.07) is 10.6. The quantitative estimate of drug-likeness (QED) is 0.811. The largest absolute Gasteiger partial charge is 0.384 e. The van der Waals surface area contributed by atoms with Crippen LogP contribution in [0.2, 0.25) is 0 Å². The normalized spacial score (nSPS) is 16.9. The number of benzene rings is 1. The van der Waals surface area contributed by atoms with Gasteiger partial charge in [-0.25, -0.2) is 0 Å². The van der Waals surface area contributed by atoms with Crippen molar-refractivity contribution in [3.05, 3.63) is 47.6 Å². The minimum absolute atomic E-state index is 0.0552. The van der Waals surface area contributed by atoms with Gasteiger partial charge in [0.25, 0.3) is 0 Å². The molecule has 0 amide bonds. The molecule has 1 aliphatic carbocycles. The van der Waals surface area contributed by atoms with E-state index in [1.54, 1.807) is 7.11 Å². The van der Waals surface area contributed by atoms with Gasteiger partial charge < -0.3 is 9.26 Å². The Bertz CT molecular complexity index is 547. The highest BCUT2D eigenvalue weighted by Crippen LogP contribution is 2.45. The maximum Gasteiger partial charge on any atom is 0.233 e. The van der Waals surface area contributed by atoms with Gasteiger partial charge in [-0.2, -0.15) is 4.98 Å². The molecule has 1 aliphatic rings. The molecule has 20 heavy (non-hydrogen) atoms. The predicted molar refractivity (Wildman–Crippen MR) is 75.6 cm³/mol. The molecule has 2 aromatic rings. The molecule has 0 saturated heterocycles. The fourth-order valence-electron chi connectivity index (χ4n) is 2.82. The number of ether oxygens (including phenoxy) is 1. The van der Waals surface area contributed by atoms with Gasteiger partial charge in [0, 0.05) is 13.5 Å². The summed E-state index contributed by atoms with van der Waals surface area (Å²) >= 11 is 0. The lowest BCUT2D eigenvalue weighted by atomic mass is 9.65. The van der Waals surface area contributed by atoms with Crippen LogP contribution in [0.3, 0.4) is 0 Å². The van der Waals surface area contributed by atoms with Gasteiger partial charge in [0.2, 0.25) is 5.89 Å². The van der Waals surface area contributed by atoms with E-state index in [0.717, 1.165) is 31.0 Å². The van der Waals surface area contributed by atoms with Crippen LogP contribution in [0.5, 0.6) is 0 Å². The number of nitrogens with zero attached hydrogens (tertiary/aromatic N) is 2. The van der Waals surface area contributed by atoms with Gasteiger partial charge >= 0.3 is 0 Å². The van der Waals surface area contributed by atoms with E-state index in [-0.39, 0.29) is 5.41 Å². The third kappa shape index (κ3) is 2.61. The molecular weight excluding hydrogens is 252 g/mol. The minimum Gasteiger partial charge on any atom is -0.384 e. The first-order valence-electron chi connectivity index (χ1n) is 7.18. The molecule has 1 saturated carbocycles. The highest BCUT2D eigenvalue weighted by Gasteiger charge is 2.43. The average Bonchev–Trinajstić information content (AvgIpc) is 2.91. The van der Waals surface area contributed by atoms with Crippen molar-refractivity contribution in [1.29, 1.82) is 0 Å². The van der Waals surface area contributed by atoms with Crippen LogP contribution in [0.4, 0.5) is 0 Å². The Hall–Kier alpha value is -1.68. The summed E-state index contributed by atoms with van der Waals surface area (Å²) in [5, 5.41) is 4.08. The van der Waals surface area contributed by atoms with Crippen LogP contribution >= 0.6 is 0 Å². The van der Waals surface area contributed by atoms with Crippen LogP contribution in [-0.2, 0) is 23.0 Å². The fourth-order valence-corrected chi connectivity index (χ4v) is 2.82. The predicted octanol–water partition coefficient (Wildman–Crippen LogP) is 2.92. The van der Waals surface area contributed by atoms with Crippen LogP contribution in [0.1, 0.15) is 36.5 Å². The van der Waals surface area contributed by atoms with Crippen LogP contribution < -0.4 is 0 Å². The van der Waals surface area contributed by atoms with Crippen LogP contribution in [0.15, 0.2) is 34.9 Å². The van der Waals surface area contributed by atoms with Gasteiger partial charge in [0.1, 0.15) is 0 Å². The zero-order chi connectivity index (χ0) is 13.8. The number of hydrogen-bond donors (Lipinski definition) is 0. The number of methoxy groups -OCH3 is 1. The molecule has 0 N–H and O–H groups in total. The maximum absolute atomic E-state index is 5.52. The summed E-state index contributed by atoms with van der Waals surface area (Å²) in [7, 11) is 1.68. The molecule has 0 aliphatic heterocycles. The zero-order valence-corrected chi connectivity index (χ0v) is 11.8. The lowest BCUT2D eigenvalue weighted by Crippen LogP contribution is -2.37. The van der Waals surface area contributed by atoms with Crippen molar-refractivity contribution in [1.82, 2.24) is 10.1 Å². The molecule has 1 aromatic carbocycles. The van der Waals surface area contributed by atoms with Gasteiger partial charge in [0.05, 0.1) is 12.0 Å². The van der Waals surface area contributed by atoms with Crippen LogP contribution in [0, 0.1) is 0 Å². The number of rotatable bonds is 6. The SMILES string of the molecule is COCCc1noc(C2(Cc3ccccc3)CCC2)n1. The first kappa shape index (κ1) is 13.3. The molecular formula is C16H20N2O2. The van der Waals surface area contributed by atoms with E-state index < -0.39 is 0 Å². The molecule has 106 valence electrons. The zero-order valence-electron chi connectivity index (χ0n) is 11.8. The van der Waals surface area contributed by atoms with Crippen molar-refractivity contribution in [2.24, 2.45) is 0 Å². The fraction of sp³-hybridized carbons (Fsp3) is 0.500. The van der Waals surface area contributed by atoms with E-state index in [9.17, 15) is 0 Å². The van der Waals surface area contributed by atoms with Crippen molar-refractivity contribution in [2.45, 2.75) is 37.5 Å². The monoisotopic (exact) mass is 272 g/mol. The third-order valence-electron chi connectivity index (χ3n) is 4.15. The second-order valence-corrected chi connectivity index (χ2v) is 5.55. The van der Waals surface area contributed by atoms with E-state index in [2.05, 4.69) is 34.4 Å². The van der Waals surface area contributed by atoms with E-state index in [1.807, 2.05) is 6.07 Å². The standard InChI is InChI=1S/C16H20N2O2/c1-19-11-8-14-17-15(20-18-14)16(9-5-10-16)12-13-6-3-2-4-7-13/h2-4,6-7H,5,8-12H2,1H3. The van der Waals surface area contributed by atoms with Crippen molar-refractivity contribution >= 4 is 0 Å². The van der Waals surface area contributed by atoms with Crippen molar-refractivity contribution in [3.8, 4) is 0 Å². The van der Waals surface area contributed by atoms with Crippen molar-refractivity contribution < 1.29 is 9.26 Å². The topological polar surface area (TPSA) is 48.2 Å². The summed E-state index contributed by atoms with van der Waals surface area (Å²) in [5.41, 5.74) is 1.39. The summed E-state index contributed by atoms with van der Waals surface area (Å²) in [4.78, 5) is 4.58. The Kier molecular flexibility index (Phi) is 3.83. The minimum atomic E-state index is 0.0552. The van der Waals surface area contributed by atoms with Crippen LogP contribution in [-0.4, -0.2) is 23.9 Å². The second kappa shape index (κ2) is 5.75. The maximum atomic E-state index is 5.52. The lowest BCUT2D eigenvalue weighted by molar-refractivity contribution is 0.172. The summed E-state index contributed by atoms with van der Waals surface area (Å²) in [5.74, 6) is 1.56. The molecule has 0 radical (unpaired) electrons. The Morgan fingerprint density at radius 1 is 1.25 bits per heavy atom. The summed E-state index contributed by atoms with van der Waals surface area (Å²) < 4.78 is 10.6. The van der Waals surface area contributed by atoms with Gasteiger partial charge in [0.15, 0.2) is 5.82 Å². The van der Waals surface area contributed by atoms with E-state index in [4.69, 9.17) is 9.26 Å². The van der Waals surface area contributed by atoms with E-state index in [1.165, 1.54) is 12.0 Å². The Balaban J connectivity index is 1.76. The van der Waals surface area contributed by atoms with Crippen molar-refractivity contribution in [2.75, 3.05) is 13.7 Å². The average molecular weight is 272 g/mol. The Labute approximate surface area is 119 Å². The number of hydrogen-bond acceptors (Lipinski definition) is 4. The second-order valence-electron chi connectivity index (χ2n) is 5.55. The summed E-state index contributed by atoms with van der Waals surface area (Å²) in [6.45, 7) is 0.630. The molecule has 0 atom stereocenters. The Morgan fingerprint density at radius 2 is 2.05 bits per heavy atom. The first-order chi connectivity index (χ1) is 9.82. The molecule has 3 rings (SSSR count). The van der Waals surface area contributed by atoms with E-state index >= 15 is 0 Å². The molecule has 4 nitrogen and oxygen atoms in total. The third-order valence-corrected chi connectivity index (χ3v) is 4.15. The highest BCUT2D eigenvalue weighted by molar-refractivity contribution is 5.23. The molecule has 1 aromatic heterocycles. The molecule has 1 heterocycles. The van der Waals surface area contributed by atoms with Gasteiger partial charge in [-0.15, -0.1) is 0 Å². The van der Waals surface area contributed by atoms with Gasteiger partial charge in [-0.05, 0) is 24.8 Å². The molecule has 0 bridgehead atoms. The summed E-state index contributed by atoms with van der Waals surface area (Å²) in [6.07, 6.45) is 5.20. The van der Waals surface area contributed by atoms with Gasteiger partial charge in [-0.3, -0.25) is 0 Å².